The number of halogens is 3. The highest BCUT2D eigenvalue weighted by molar-refractivity contribution is 5.32. The third-order valence-corrected chi connectivity index (χ3v) is 3.08. The maximum atomic E-state index is 12.7. The van der Waals surface area contributed by atoms with Crippen LogP contribution < -0.4 is 0 Å². The molecule has 1 atom stereocenters. The van der Waals surface area contributed by atoms with E-state index in [1.54, 1.807) is 0 Å². The number of allylic oxidation sites excluding steroid dienone is 2. The van der Waals surface area contributed by atoms with Crippen molar-refractivity contribution in [2.75, 3.05) is 13.6 Å². The fraction of sp³-hybridized carbons (Fsp3) is 0.692. The van der Waals surface area contributed by atoms with Gasteiger partial charge in [0.05, 0.1) is 0 Å². The summed E-state index contributed by atoms with van der Waals surface area (Å²) in [5, 5.41) is 0. The predicted octanol–water partition coefficient (Wildman–Crippen LogP) is 3.78. The first-order valence-electron chi connectivity index (χ1n) is 5.89. The Morgan fingerprint density at radius 1 is 1.41 bits per heavy atom. The van der Waals surface area contributed by atoms with E-state index >= 15 is 0 Å². The summed E-state index contributed by atoms with van der Waals surface area (Å²) in [7, 11) is 1.92. The van der Waals surface area contributed by atoms with Crippen molar-refractivity contribution in [3.63, 3.8) is 0 Å². The Kier molecular flexibility index (Phi) is 4.42. The Balaban J connectivity index is 2.82. The Hall–Kier alpha value is -0.770. The van der Waals surface area contributed by atoms with E-state index in [1.807, 2.05) is 38.8 Å². The van der Waals surface area contributed by atoms with Gasteiger partial charge in [0.15, 0.2) is 0 Å². The predicted molar refractivity (Wildman–Crippen MR) is 63.8 cm³/mol. The average Bonchev–Trinajstić information content (AvgIpc) is 2.15. The third kappa shape index (κ3) is 4.19. The fourth-order valence-electron chi connectivity index (χ4n) is 1.87. The molecule has 0 saturated carbocycles. The van der Waals surface area contributed by atoms with E-state index in [2.05, 4.69) is 0 Å². The van der Waals surface area contributed by atoms with Gasteiger partial charge in [-0.2, -0.15) is 13.2 Å². The molecular weight excluding hydrogens is 227 g/mol. The van der Waals surface area contributed by atoms with Crippen LogP contribution >= 0.6 is 0 Å². The minimum atomic E-state index is -4.19. The normalized spacial score (nSPS) is 21.8. The molecule has 17 heavy (non-hydrogen) atoms. The minimum Gasteiger partial charge on any atom is -0.300 e. The molecule has 0 amide bonds. The second-order valence-electron chi connectivity index (χ2n) is 5.10. The lowest BCUT2D eigenvalue weighted by Crippen LogP contribution is -2.29. The molecule has 0 aromatic rings. The van der Waals surface area contributed by atoms with Crippen LogP contribution in [0.25, 0.3) is 0 Å². The zero-order valence-electron chi connectivity index (χ0n) is 10.8. The summed E-state index contributed by atoms with van der Waals surface area (Å²) in [6.07, 6.45) is -0.852. The molecule has 0 bridgehead atoms. The van der Waals surface area contributed by atoms with Gasteiger partial charge in [-0.25, -0.2) is 0 Å². The second kappa shape index (κ2) is 5.25. The van der Waals surface area contributed by atoms with Gasteiger partial charge in [-0.3, -0.25) is 4.90 Å². The van der Waals surface area contributed by atoms with Crippen molar-refractivity contribution < 1.29 is 13.2 Å². The quantitative estimate of drug-likeness (QED) is 0.733. The lowest BCUT2D eigenvalue weighted by Gasteiger charge is -2.26. The molecule has 0 fully saturated rings. The van der Waals surface area contributed by atoms with E-state index in [0.717, 1.165) is 5.57 Å². The maximum Gasteiger partial charge on any atom is 0.412 e. The van der Waals surface area contributed by atoms with Crippen molar-refractivity contribution in [1.82, 2.24) is 4.90 Å². The summed E-state index contributed by atoms with van der Waals surface area (Å²) >= 11 is 0. The molecule has 0 heterocycles. The van der Waals surface area contributed by atoms with E-state index in [9.17, 15) is 13.2 Å². The molecule has 1 rings (SSSR count). The first kappa shape index (κ1) is 14.3. The average molecular weight is 247 g/mol. The Labute approximate surface area is 101 Å². The zero-order chi connectivity index (χ0) is 13.2. The molecule has 0 radical (unpaired) electrons. The zero-order valence-corrected chi connectivity index (χ0v) is 10.8. The van der Waals surface area contributed by atoms with Crippen LogP contribution in [-0.2, 0) is 0 Å². The first-order valence-corrected chi connectivity index (χ1v) is 5.89. The van der Waals surface area contributed by atoms with Gasteiger partial charge in [0.25, 0.3) is 0 Å². The monoisotopic (exact) mass is 247 g/mol. The van der Waals surface area contributed by atoms with Gasteiger partial charge in [0, 0.05) is 18.2 Å². The summed E-state index contributed by atoms with van der Waals surface area (Å²) in [5.74, 6) is -0.0350. The molecule has 0 aromatic heterocycles. The minimum absolute atomic E-state index is 0.0350. The summed E-state index contributed by atoms with van der Waals surface area (Å²) in [4.78, 5) is 2.04. The van der Waals surface area contributed by atoms with Gasteiger partial charge in [-0.05, 0) is 44.9 Å². The van der Waals surface area contributed by atoms with Crippen LogP contribution in [0.4, 0.5) is 13.2 Å². The molecular formula is C13H20F3N. The largest absolute Gasteiger partial charge is 0.412 e. The molecule has 0 aromatic carbocycles. The standard InChI is InChI=1S/C13H20F3N/c1-9(2)17(4)8-11-5-10(3)6-12(7-11)13(14,15)16/h5,7,9-10H,6,8H2,1-4H3. The van der Waals surface area contributed by atoms with Crippen molar-refractivity contribution in [2.45, 2.75) is 39.4 Å². The number of rotatable bonds is 3. The van der Waals surface area contributed by atoms with Gasteiger partial charge in [-0.1, -0.05) is 13.0 Å². The van der Waals surface area contributed by atoms with Crippen molar-refractivity contribution in [2.24, 2.45) is 5.92 Å². The van der Waals surface area contributed by atoms with Crippen molar-refractivity contribution in [1.29, 1.82) is 0 Å². The molecule has 0 aliphatic heterocycles. The highest BCUT2D eigenvalue weighted by atomic mass is 19.4. The number of alkyl halides is 3. The number of likely N-dealkylation sites (N-methyl/N-ethyl adjacent to an activating group) is 1. The lowest BCUT2D eigenvalue weighted by atomic mass is 9.91. The summed E-state index contributed by atoms with van der Waals surface area (Å²) in [6.45, 7) is 6.46. The summed E-state index contributed by atoms with van der Waals surface area (Å²) in [5.41, 5.74) is 0.368. The fourth-order valence-corrected chi connectivity index (χ4v) is 1.87. The van der Waals surface area contributed by atoms with E-state index in [-0.39, 0.29) is 12.3 Å². The van der Waals surface area contributed by atoms with E-state index in [0.29, 0.717) is 12.6 Å². The molecule has 1 aliphatic carbocycles. The topological polar surface area (TPSA) is 3.24 Å². The Morgan fingerprint density at radius 3 is 2.47 bits per heavy atom. The SMILES string of the molecule is CC1C=C(CN(C)C(C)C)C=C(C(F)(F)F)C1. The highest BCUT2D eigenvalue weighted by Crippen LogP contribution is 2.35. The third-order valence-electron chi connectivity index (χ3n) is 3.08. The summed E-state index contributed by atoms with van der Waals surface area (Å²) < 4.78 is 38.0. The van der Waals surface area contributed by atoms with Crippen molar-refractivity contribution in [3.05, 3.63) is 23.3 Å². The van der Waals surface area contributed by atoms with Crippen LogP contribution in [0.3, 0.4) is 0 Å². The van der Waals surface area contributed by atoms with Gasteiger partial charge >= 0.3 is 6.18 Å². The van der Waals surface area contributed by atoms with Crippen LogP contribution in [0.15, 0.2) is 23.3 Å². The van der Waals surface area contributed by atoms with E-state index in [1.165, 1.54) is 6.08 Å². The molecule has 1 nitrogen and oxygen atoms in total. The first-order chi connectivity index (χ1) is 7.70. The molecule has 0 spiro atoms. The Bertz CT molecular complexity index is 326. The highest BCUT2D eigenvalue weighted by Gasteiger charge is 2.35. The van der Waals surface area contributed by atoms with Crippen LogP contribution in [0, 0.1) is 5.92 Å². The lowest BCUT2D eigenvalue weighted by molar-refractivity contribution is -0.0950. The molecule has 98 valence electrons. The Morgan fingerprint density at radius 2 is 2.00 bits per heavy atom. The van der Waals surface area contributed by atoms with E-state index in [4.69, 9.17) is 0 Å². The van der Waals surface area contributed by atoms with Gasteiger partial charge < -0.3 is 0 Å². The number of nitrogens with zero attached hydrogens (tertiary/aromatic N) is 1. The smallest absolute Gasteiger partial charge is 0.300 e. The molecule has 0 saturated heterocycles. The van der Waals surface area contributed by atoms with Crippen molar-refractivity contribution in [3.8, 4) is 0 Å². The molecule has 0 N–H and O–H groups in total. The van der Waals surface area contributed by atoms with Gasteiger partial charge in [0.1, 0.15) is 0 Å². The van der Waals surface area contributed by atoms with Crippen LogP contribution in [-0.4, -0.2) is 30.7 Å². The molecule has 1 aliphatic rings. The van der Waals surface area contributed by atoms with Gasteiger partial charge in [-0.15, -0.1) is 0 Å². The maximum absolute atomic E-state index is 12.7. The second-order valence-corrected chi connectivity index (χ2v) is 5.10. The van der Waals surface area contributed by atoms with Crippen molar-refractivity contribution >= 4 is 0 Å². The van der Waals surface area contributed by atoms with Crippen LogP contribution in [0.5, 0.6) is 0 Å². The summed E-state index contributed by atoms with van der Waals surface area (Å²) in [6, 6.07) is 0.330. The van der Waals surface area contributed by atoms with Gasteiger partial charge in [0.2, 0.25) is 0 Å². The van der Waals surface area contributed by atoms with E-state index < -0.39 is 11.7 Å². The number of hydrogen-bond donors (Lipinski definition) is 0. The molecule has 1 unspecified atom stereocenters. The molecule has 4 heteroatoms. The number of hydrogen-bond acceptors (Lipinski definition) is 1. The van der Waals surface area contributed by atoms with Crippen LogP contribution in [0.1, 0.15) is 27.2 Å². The van der Waals surface area contributed by atoms with Crippen LogP contribution in [0.2, 0.25) is 0 Å².